The molecule has 0 bridgehead atoms. The van der Waals surface area contributed by atoms with Crippen LogP contribution in [0.1, 0.15) is 24.8 Å². The minimum absolute atomic E-state index is 0.0401. The van der Waals surface area contributed by atoms with Gasteiger partial charge in [0.05, 0.1) is 18.6 Å². The van der Waals surface area contributed by atoms with Crippen LogP contribution in [0.3, 0.4) is 0 Å². The van der Waals surface area contributed by atoms with Gasteiger partial charge in [-0.05, 0) is 19.4 Å². The van der Waals surface area contributed by atoms with Crippen LogP contribution in [0.5, 0.6) is 5.75 Å². The van der Waals surface area contributed by atoms with Crippen molar-refractivity contribution in [3.63, 3.8) is 0 Å². The lowest BCUT2D eigenvalue weighted by Crippen LogP contribution is -2.36. The van der Waals surface area contributed by atoms with Gasteiger partial charge in [-0.3, -0.25) is 4.79 Å². The molecule has 1 amide bonds. The highest BCUT2D eigenvalue weighted by Crippen LogP contribution is 2.33. The Balaban J connectivity index is 2.10. The number of carbonyl (C=O) groups excluding carboxylic acids is 1. The van der Waals surface area contributed by atoms with Gasteiger partial charge in [-0.15, -0.1) is 0 Å². The highest BCUT2D eigenvalue weighted by atomic mass is 16.5. The summed E-state index contributed by atoms with van der Waals surface area (Å²) in [5.41, 5.74) is 0.932. The van der Waals surface area contributed by atoms with Crippen molar-refractivity contribution < 1.29 is 14.6 Å². The maximum Gasteiger partial charge on any atom is 0.227 e. The largest absolute Gasteiger partial charge is 0.493 e. The smallest absolute Gasteiger partial charge is 0.227 e. The molecule has 2 rings (SSSR count). The van der Waals surface area contributed by atoms with Crippen molar-refractivity contribution in [2.24, 2.45) is 0 Å². The second kappa shape index (κ2) is 5.19. The topological polar surface area (TPSA) is 58.6 Å². The Labute approximate surface area is 101 Å². The van der Waals surface area contributed by atoms with E-state index in [1.807, 2.05) is 24.3 Å². The van der Waals surface area contributed by atoms with Crippen LogP contribution in [0.25, 0.3) is 0 Å². The number of benzene rings is 1. The van der Waals surface area contributed by atoms with E-state index in [4.69, 9.17) is 9.84 Å². The molecule has 1 aliphatic rings. The van der Waals surface area contributed by atoms with E-state index in [1.54, 1.807) is 6.92 Å². The molecule has 1 aromatic rings. The van der Waals surface area contributed by atoms with E-state index in [-0.39, 0.29) is 11.8 Å². The van der Waals surface area contributed by atoms with Gasteiger partial charge in [-0.2, -0.15) is 0 Å². The number of para-hydroxylation sites is 1. The lowest BCUT2D eigenvalue weighted by molar-refractivity contribution is -0.123. The number of hydrogen-bond donors (Lipinski definition) is 2. The first kappa shape index (κ1) is 11.9. The lowest BCUT2D eigenvalue weighted by atomic mass is 9.92. The van der Waals surface area contributed by atoms with Gasteiger partial charge in [-0.25, -0.2) is 0 Å². The van der Waals surface area contributed by atoms with Crippen molar-refractivity contribution in [2.75, 3.05) is 13.2 Å². The zero-order valence-electron chi connectivity index (χ0n) is 9.85. The van der Waals surface area contributed by atoms with Gasteiger partial charge in [0.2, 0.25) is 5.91 Å². The van der Waals surface area contributed by atoms with Crippen LogP contribution in [0, 0.1) is 0 Å². The molecule has 1 aliphatic heterocycles. The van der Waals surface area contributed by atoms with Gasteiger partial charge in [0.15, 0.2) is 0 Å². The average molecular weight is 235 g/mol. The van der Waals surface area contributed by atoms with Crippen LogP contribution in [0.15, 0.2) is 24.3 Å². The van der Waals surface area contributed by atoms with Crippen molar-refractivity contribution in [1.82, 2.24) is 5.32 Å². The van der Waals surface area contributed by atoms with E-state index >= 15 is 0 Å². The van der Waals surface area contributed by atoms with Crippen molar-refractivity contribution in [3.05, 3.63) is 29.8 Å². The minimum Gasteiger partial charge on any atom is -0.493 e. The molecule has 0 saturated heterocycles. The molecule has 0 spiro atoms. The lowest BCUT2D eigenvalue weighted by Gasteiger charge is -2.25. The molecule has 0 saturated carbocycles. The van der Waals surface area contributed by atoms with Crippen LogP contribution >= 0.6 is 0 Å². The van der Waals surface area contributed by atoms with Gasteiger partial charge in [-0.1, -0.05) is 18.2 Å². The zero-order valence-corrected chi connectivity index (χ0v) is 9.85. The van der Waals surface area contributed by atoms with Crippen molar-refractivity contribution in [3.8, 4) is 5.75 Å². The maximum absolute atomic E-state index is 12.0. The Morgan fingerprint density at radius 2 is 2.35 bits per heavy atom. The summed E-state index contributed by atoms with van der Waals surface area (Å²) in [6.07, 6.45) is 0.164. The van der Waals surface area contributed by atoms with E-state index in [1.165, 1.54) is 0 Å². The Morgan fingerprint density at radius 1 is 1.59 bits per heavy atom. The molecule has 2 atom stereocenters. The highest BCUT2D eigenvalue weighted by molar-refractivity contribution is 5.84. The Bertz CT molecular complexity index is 403. The Morgan fingerprint density at radius 3 is 3.12 bits per heavy atom. The molecular formula is C13H17NO3. The monoisotopic (exact) mass is 235 g/mol. The summed E-state index contributed by atoms with van der Waals surface area (Å²) >= 11 is 0. The Kier molecular flexibility index (Phi) is 3.64. The number of aliphatic hydroxyl groups excluding tert-OH is 1. The SMILES string of the molecule is C[C@@H](O)CNC(=O)C1CCOc2ccccc21. The second-order valence-electron chi connectivity index (χ2n) is 4.32. The molecule has 17 heavy (non-hydrogen) atoms. The van der Waals surface area contributed by atoms with E-state index in [0.717, 1.165) is 11.3 Å². The predicted molar refractivity (Wildman–Crippen MR) is 64.0 cm³/mol. The first-order chi connectivity index (χ1) is 8.18. The first-order valence-electron chi connectivity index (χ1n) is 5.86. The zero-order chi connectivity index (χ0) is 12.3. The van der Waals surface area contributed by atoms with E-state index in [9.17, 15) is 4.79 Å². The van der Waals surface area contributed by atoms with Crippen LogP contribution in [0.4, 0.5) is 0 Å². The number of amides is 1. The van der Waals surface area contributed by atoms with E-state index in [2.05, 4.69) is 5.32 Å². The van der Waals surface area contributed by atoms with Gasteiger partial charge >= 0.3 is 0 Å². The summed E-state index contributed by atoms with van der Waals surface area (Å²) in [4.78, 5) is 12.0. The molecule has 92 valence electrons. The number of ether oxygens (including phenoxy) is 1. The quantitative estimate of drug-likeness (QED) is 0.823. The normalized spacial score (nSPS) is 20.0. The molecule has 4 nitrogen and oxygen atoms in total. The molecule has 2 N–H and O–H groups in total. The first-order valence-corrected chi connectivity index (χ1v) is 5.86. The summed E-state index contributed by atoms with van der Waals surface area (Å²) in [6.45, 7) is 2.50. The van der Waals surface area contributed by atoms with Crippen LogP contribution < -0.4 is 10.1 Å². The van der Waals surface area contributed by atoms with Crippen LogP contribution in [-0.2, 0) is 4.79 Å². The summed E-state index contributed by atoms with van der Waals surface area (Å²) < 4.78 is 5.50. The molecule has 1 aromatic carbocycles. The third-order valence-corrected chi connectivity index (χ3v) is 2.85. The fourth-order valence-electron chi connectivity index (χ4n) is 1.99. The number of rotatable bonds is 3. The predicted octanol–water partition coefficient (Wildman–Crippen LogP) is 1.05. The summed E-state index contributed by atoms with van der Waals surface area (Å²) in [7, 11) is 0. The van der Waals surface area contributed by atoms with Crippen LogP contribution in [-0.4, -0.2) is 30.3 Å². The minimum atomic E-state index is -0.519. The number of carbonyl (C=O) groups is 1. The molecule has 0 aliphatic carbocycles. The average Bonchev–Trinajstić information content (AvgIpc) is 2.35. The highest BCUT2D eigenvalue weighted by Gasteiger charge is 2.27. The van der Waals surface area contributed by atoms with Gasteiger partial charge < -0.3 is 15.2 Å². The van der Waals surface area contributed by atoms with Gasteiger partial charge in [0.25, 0.3) is 0 Å². The fraction of sp³-hybridized carbons (Fsp3) is 0.462. The van der Waals surface area contributed by atoms with Crippen LogP contribution in [0.2, 0.25) is 0 Å². The van der Waals surface area contributed by atoms with E-state index < -0.39 is 6.10 Å². The molecule has 4 heteroatoms. The third kappa shape index (κ3) is 2.77. The molecule has 0 fully saturated rings. The number of nitrogens with one attached hydrogen (secondary N) is 1. The fourth-order valence-corrected chi connectivity index (χ4v) is 1.99. The molecule has 0 aromatic heterocycles. The van der Waals surface area contributed by atoms with Crippen molar-refractivity contribution in [1.29, 1.82) is 0 Å². The van der Waals surface area contributed by atoms with E-state index in [0.29, 0.717) is 19.6 Å². The summed E-state index contributed by atoms with van der Waals surface area (Å²) in [5.74, 6) is 0.580. The summed E-state index contributed by atoms with van der Waals surface area (Å²) in [6, 6.07) is 7.60. The number of fused-ring (bicyclic) bond motifs is 1. The second-order valence-corrected chi connectivity index (χ2v) is 4.32. The van der Waals surface area contributed by atoms with Gasteiger partial charge in [0, 0.05) is 12.1 Å². The summed E-state index contributed by atoms with van der Waals surface area (Å²) in [5, 5.41) is 11.9. The molecular weight excluding hydrogens is 218 g/mol. The maximum atomic E-state index is 12.0. The molecule has 1 unspecified atom stereocenters. The third-order valence-electron chi connectivity index (χ3n) is 2.85. The van der Waals surface area contributed by atoms with Gasteiger partial charge in [0.1, 0.15) is 5.75 Å². The Hall–Kier alpha value is -1.55. The van der Waals surface area contributed by atoms with Crippen molar-refractivity contribution >= 4 is 5.91 Å². The molecule has 0 radical (unpaired) electrons. The van der Waals surface area contributed by atoms with Crippen molar-refractivity contribution in [2.45, 2.75) is 25.4 Å². The number of hydrogen-bond acceptors (Lipinski definition) is 3. The molecule has 1 heterocycles. The number of aliphatic hydroxyl groups is 1. The standard InChI is InChI=1S/C13H17NO3/c1-9(15)8-14-13(16)11-6-7-17-12-5-3-2-4-10(11)12/h2-5,9,11,15H,6-8H2,1H3,(H,14,16)/t9-,11?/m1/s1.